The van der Waals surface area contributed by atoms with Crippen LogP contribution in [-0.4, -0.2) is 48.2 Å². The minimum atomic E-state index is -1.96. The Morgan fingerprint density at radius 2 is 1.38 bits per heavy atom. The van der Waals surface area contributed by atoms with Crippen LogP contribution in [0.2, 0.25) is 0 Å². The molecule has 0 aliphatic rings. The fraction of sp³-hybridized carbons (Fsp3) is 0.286. The number of benzene rings is 2. The van der Waals surface area contributed by atoms with Gasteiger partial charge in [0.05, 0.1) is 21.3 Å². The van der Waals surface area contributed by atoms with E-state index in [0.717, 1.165) is 0 Å². The largest absolute Gasteiger partial charge is 0.493 e. The van der Waals surface area contributed by atoms with Crippen molar-refractivity contribution in [3.63, 3.8) is 0 Å². The number of nitrogens with one attached hydrogen (secondary N) is 4. The van der Waals surface area contributed by atoms with Crippen LogP contribution in [0, 0.1) is 0 Å². The van der Waals surface area contributed by atoms with Gasteiger partial charge in [0.25, 0.3) is 5.91 Å². The highest BCUT2D eigenvalue weighted by atomic mass is 35.6. The molecule has 0 radical (unpaired) electrons. The molecule has 1 atom stereocenters. The lowest BCUT2D eigenvalue weighted by Gasteiger charge is -2.28. The Hall–Kier alpha value is -2.66. The predicted octanol–water partition coefficient (Wildman–Crippen LogP) is 4.08. The molecular weight excluding hydrogens is 527 g/mol. The summed E-state index contributed by atoms with van der Waals surface area (Å²) >= 11 is 23.5. The number of thiocarbonyl (C=S) groups is 1. The molecule has 0 heterocycles. The Morgan fingerprint density at radius 3 is 1.79 bits per heavy atom. The Bertz CT molecular complexity index is 1020. The van der Waals surface area contributed by atoms with E-state index >= 15 is 0 Å². The first-order chi connectivity index (χ1) is 16.0. The molecule has 184 valence electrons. The molecule has 2 aromatic rings. The van der Waals surface area contributed by atoms with Crippen molar-refractivity contribution < 1.29 is 23.8 Å². The summed E-state index contributed by atoms with van der Waals surface area (Å²) in [7, 11) is 4.30. The summed E-state index contributed by atoms with van der Waals surface area (Å²) in [4.78, 5) is 24.1. The maximum absolute atomic E-state index is 12.9. The van der Waals surface area contributed by atoms with Gasteiger partial charge in [0.2, 0.25) is 15.4 Å². The number of anilines is 2. The molecule has 34 heavy (non-hydrogen) atoms. The van der Waals surface area contributed by atoms with Crippen LogP contribution in [0.5, 0.6) is 17.2 Å². The van der Waals surface area contributed by atoms with Gasteiger partial charge in [-0.25, -0.2) is 0 Å². The lowest BCUT2D eigenvalue weighted by Crippen LogP contribution is -2.56. The second kappa shape index (κ2) is 12.2. The monoisotopic (exact) mass is 548 g/mol. The van der Waals surface area contributed by atoms with E-state index in [1.54, 1.807) is 24.3 Å². The van der Waals surface area contributed by atoms with E-state index in [9.17, 15) is 9.59 Å². The van der Waals surface area contributed by atoms with Crippen molar-refractivity contribution in [2.24, 2.45) is 0 Å². The third-order valence-corrected chi connectivity index (χ3v) is 5.14. The molecule has 0 saturated heterocycles. The number of halogens is 3. The van der Waals surface area contributed by atoms with E-state index in [1.165, 1.54) is 40.4 Å². The second-order valence-electron chi connectivity index (χ2n) is 6.72. The van der Waals surface area contributed by atoms with Crippen molar-refractivity contribution in [2.75, 3.05) is 32.0 Å². The van der Waals surface area contributed by atoms with Gasteiger partial charge in [-0.1, -0.05) is 34.8 Å². The minimum Gasteiger partial charge on any atom is -0.493 e. The summed E-state index contributed by atoms with van der Waals surface area (Å²) < 4.78 is 13.8. The van der Waals surface area contributed by atoms with Crippen molar-refractivity contribution >= 4 is 75.3 Å². The fourth-order valence-corrected chi connectivity index (χ4v) is 3.33. The lowest BCUT2D eigenvalue weighted by atomic mass is 10.1. The third kappa shape index (κ3) is 7.69. The quantitative estimate of drug-likeness (QED) is 0.222. The van der Waals surface area contributed by atoms with E-state index in [2.05, 4.69) is 21.3 Å². The molecule has 0 spiro atoms. The van der Waals surface area contributed by atoms with Gasteiger partial charge in [0.1, 0.15) is 6.17 Å². The molecule has 0 bridgehead atoms. The predicted molar refractivity (Wildman–Crippen MR) is 138 cm³/mol. The Morgan fingerprint density at radius 1 is 0.882 bits per heavy atom. The van der Waals surface area contributed by atoms with Crippen LogP contribution in [-0.2, 0) is 4.79 Å². The van der Waals surface area contributed by atoms with Crippen molar-refractivity contribution in [1.29, 1.82) is 0 Å². The molecule has 9 nitrogen and oxygen atoms in total. The first kappa shape index (κ1) is 27.6. The van der Waals surface area contributed by atoms with Gasteiger partial charge >= 0.3 is 0 Å². The molecular formula is C21H23Cl3N4O5S. The molecule has 0 fully saturated rings. The summed E-state index contributed by atoms with van der Waals surface area (Å²) in [5, 5.41) is 11.0. The number of rotatable bonds is 8. The highest BCUT2D eigenvalue weighted by Crippen LogP contribution is 2.38. The molecule has 0 aliphatic heterocycles. The number of amides is 2. The van der Waals surface area contributed by atoms with Crippen LogP contribution in [0.15, 0.2) is 36.4 Å². The van der Waals surface area contributed by atoms with Gasteiger partial charge in [-0.3, -0.25) is 9.59 Å². The fourth-order valence-electron chi connectivity index (χ4n) is 2.76. The van der Waals surface area contributed by atoms with E-state index in [1.807, 2.05) is 0 Å². The average molecular weight is 550 g/mol. The molecule has 0 saturated carbocycles. The zero-order valence-corrected chi connectivity index (χ0v) is 21.7. The van der Waals surface area contributed by atoms with Crippen LogP contribution in [0.1, 0.15) is 17.3 Å². The van der Waals surface area contributed by atoms with Crippen LogP contribution in [0.25, 0.3) is 0 Å². The molecule has 0 aromatic heterocycles. The minimum absolute atomic E-state index is 0.0776. The summed E-state index contributed by atoms with van der Waals surface area (Å²) in [6.07, 6.45) is -1.21. The van der Waals surface area contributed by atoms with Crippen molar-refractivity contribution in [2.45, 2.75) is 16.9 Å². The van der Waals surface area contributed by atoms with E-state index in [0.29, 0.717) is 17.1 Å². The summed E-state index contributed by atoms with van der Waals surface area (Å²) in [5.74, 6) is 0.111. The van der Waals surface area contributed by atoms with Gasteiger partial charge in [-0.2, -0.15) is 0 Å². The maximum atomic E-state index is 12.9. The second-order valence-corrected chi connectivity index (χ2v) is 9.50. The zero-order valence-electron chi connectivity index (χ0n) is 18.6. The van der Waals surface area contributed by atoms with Crippen LogP contribution >= 0.6 is 47.0 Å². The summed E-state index contributed by atoms with van der Waals surface area (Å²) in [5.41, 5.74) is 1.39. The first-order valence-corrected chi connectivity index (χ1v) is 11.2. The topological polar surface area (TPSA) is 110 Å². The molecule has 2 aromatic carbocycles. The molecule has 0 unspecified atom stereocenters. The normalized spacial score (nSPS) is 11.6. The SMILES string of the molecule is COc1cc(C(=O)N[C@@H](NC(=S)Nc2ccc(NC(C)=O)cc2)C(Cl)(Cl)Cl)cc(OC)c1OC. The third-order valence-electron chi connectivity index (χ3n) is 4.27. The van der Waals surface area contributed by atoms with Gasteiger partial charge in [-0.15, -0.1) is 0 Å². The first-order valence-electron chi connectivity index (χ1n) is 9.61. The smallest absolute Gasteiger partial charge is 0.253 e. The molecule has 13 heteroatoms. The maximum Gasteiger partial charge on any atom is 0.253 e. The van der Waals surface area contributed by atoms with Crippen molar-refractivity contribution in [3.8, 4) is 17.2 Å². The number of alkyl halides is 3. The lowest BCUT2D eigenvalue weighted by molar-refractivity contribution is -0.114. The number of hydrogen-bond acceptors (Lipinski definition) is 6. The van der Waals surface area contributed by atoms with E-state index in [-0.39, 0.29) is 28.1 Å². The number of ether oxygens (including phenoxy) is 3. The number of carbonyl (C=O) groups is 2. The molecule has 4 N–H and O–H groups in total. The van der Waals surface area contributed by atoms with Crippen molar-refractivity contribution in [3.05, 3.63) is 42.0 Å². The Kier molecular flexibility index (Phi) is 9.87. The highest BCUT2D eigenvalue weighted by molar-refractivity contribution is 7.80. The highest BCUT2D eigenvalue weighted by Gasteiger charge is 2.35. The van der Waals surface area contributed by atoms with Gasteiger partial charge in [0, 0.05) is 23.9 Å². The zero-order chi connectivity index (χ0) is 25.5. The number of methoxy groups -OCH3 is 3. The number of carbonyl (C=O) groups excluding carboxylic acids is 2. The van der Waals surface area contributed by atoms with Crippen LogP contribution < -0.4 is 35.5 Å². The van der Waals surface area contributed by atoms with Gasteiger partial charge in [0.15, 0.2) is 16.6 Å². The Labute approximate surface area is 217 Å². The molecule has 2 rings (SSSR count). The van der Waals surface area contributed by atoms with Gasteiger partial charge < -0.3 is 35.5 Å². The van der Waals surface area contributed by atoms with E-state index in [4.69, 9.17) is 61.2 Å². The molecule has 2 amide bonds. The summed E-state index contributed by atoms with van der Waals surface area (Å²) in [6, 6.07) is 9.67. The van der Waals surface area contributed by atoms with Crippen molar-refractivity contribution in [1.82, 2.24) is 10.6 Å². The average Bonchev–Trinajstić information content (AvgIpc) is 2.77. The molecule has 0 aliphatic carbocycles. The summed E-state index contributed by atoms with van der Waals surface area (Å²) in [6.45, 7) is 1.41. The number of hydrogen-bond donors (Lipinski definition) is 4. The standard InChI is InChI=1S/C21H23Cl3N4O5S/c1-11(29)25-13-5-7-14(8-6-13)26-20(34)28-19(21(22,23)24)27-18(30)12-9-15(31-2)17(33-4)16(10-12)32-3/h5-10,19H,1-4H3,(H,25,29)(H,27,30)(H2,26,28,34)/t19-/m0/s1. The van der Waals surface area contributed by atoms with E-state index < -0.39 is 15.9 Å². The van der Waals surface area contributed by atoms with Gasteiger partial charge in [-0.05, 0) is 48.6 Å². The van der Waals surface area contributed by atoms with Crippen LogP contribution in [0.4, 0.5) is 11.4 Å². The Balaban J connectivity index is 2.15. The van der Waals surface area contributed by atoms with Crippen LogP contribution in [0.3, 0.4) is 0 Å².